The highest BCUT2D eigenvalue weighted by molar-refractivity contribution is 4.74. The van der Waals surface area contributed by atoms with Crippen LogP contribution in [0.3, 0.4) is 0 Å². The standard InChI is InChI=1S/C6H11N3O/c1-5-6(2-3-10-5)4-8-9-7/h5-6H,2-4H2,1H3. The Morgan fingerprint density at radius 2 is 2.60 bits per heavy atom. The van der Waals surface area contributed by atoms with Gasteiger partial charge in [-0.3, -0.25) is 0 Å². The molecule has 2 atom stereocenters. The molecule has 2 unspecified atom stereocenters. The van der Waals surface area contributed by atoms with E-state index in [-0.39, 0.29) is 6.10 Å². The first-order valence-corrected chi connectivity index (χ1v) is 3.47. The Balaban J connectivity index is 2.32. The maximum atomic E-state index is 8.03. The molecule has 1 aliphatic heterocycles. The van der Waals surface area contributed by atoms with Gasteiger partial charge in [0, 0.05) is 18.1 Å². The Morgan fingerprint density at radius 3 is 3.10 bits per heavy atom. The van der Waals surface area contributed by atoms with Crippen molar-refractivity contribution in [1.29, 1.82) is 0 Å². The van der Waals surface area contributed by atoms with Crippen molar-refractivity contribution in [2.45, 2.75) is 19.4 Å². The lowest BCUT2D eigenvalue weighted by Crippen LogP contribution is -2.13. The van der Waals surface area contributed by atoms with Gasteiger partial charge in [0.2, 0.25) is 0 Å². The van der Waals surface area contributed by atoms with E-state index in [1.54, 1.807) is 0 Å². The fourth-order valence-electron chi connectivity index (χ4n) is 1.16. The molecule has 0 spiro atoms. The lowest BCUT2D eigenvalue weighted by atomic mass is 10.0. The van der Waals surface area contributed by atoms with Crippen molar-refractivity contribution in [2.24, 2.45) is 11.0 Å². The molecule has 0 aliphatic carbocycles. The highest BCUT2D eigenvalue weighted by Gasteiger charge is 2.22. The monoisotopic (exact) mass is 141 g/mol. The molecular weight excluding hydrogens is 130 g/mol. The summed E-state index contributed by atoms with van der Waals surface area (Å²) in [4.78, 5) is 2.70. The number of nitrogens with zero attached hydrogens (tertiary/aromatic N) is 3. The molecule has 10 heavy (non-hydrogen) atoms. The van der Waals surface area contributed by atoms with E-state index in [1.807, 2.05) is 6.92 Å². The second-order valence-corrected chi connectivity index (χ2v) is 2.54. The molecule has 0 aromatic rings. The Labute approximate surface area is 59.8 Å². The number of azide groups is 1. The summed E-state index contributed by atoms with van der Waals surface area (Å²) in [6, 6.07) is 0. The summed E-state index contributed by atoms with van der Waals surface area (Å²) >= 11 is 0. The molecule has 1 heterocycles. The zero-order chi connectivity index (χ0) is 7.40. The normalized spacial score (nSPS) is 31.7. The zero-order valence-corrected chi connectivity index (χ0v) is 6.03. The lowest BCUT2D eigenvalue weighted by Gasteiger charge is -2.08. The molecule has 1 rings (SSSR count). The van der Waals surface area contributed by atoms with E-state index in [1.165, 1.54) is 0 Å². The quantitative estimate of drug-likeness (QED) is 0.328. The van der Waals surface area contributed by atoms with E-state index in [0.717, 1.165) is 13.0 Å². The van der Waals surface area contributed by atoms with Gasteiger partial charge in [-0.05, 0) is 24.8 Å². The molecule has 1 saturated heterocycles. The maximum absolute atomic E-state index is 8.03. The van der Waals surface area contributed by atoms with Gasteiger partial charge in [-0.25, -0.2) is 0 Å². The smallest absolute Gasteiger partial charge is 0.0577 e. The lowest BCUT2D eigenvalue weighted by molar-refractivity contribution is 0.107. The first kappa shape index (κ1) is 7.38. The third-order valence-electron chi connectivity index (χ3n) is 1.91. The fourth-order valence-corrected chi connectivity index (χ4v) is 1.16. The number of hydrogen-bond donors (Lipinski definition) is 0. The average Bonchev–Trinajstić information content (AvgIpc) is 2.31. The molecule has 0 aromatic carbocycles. The van der Waals surface area contributed by atoms with Gasteiger partial charge in [0.1, 0.15) is 0 Å². The molecule has 0 bridgehead atoms. The molecule has 1 fully saturated rings. The van der Waals surface area contributed by atoms with Crippen LogP contribution < -0.4 is 0 Å². The molecule has 0 amide bonds. The Kier molecular flexibility index (Phi) is 2.54. The number of rotatable bonds is 2. The van der Waals surface area contributed by atoms with Crippen LogP contribution in [0.5, 0.6) is 0 Å². The summed E-state index contributed by atoms with van der Waals surface area (Å²) in [5.74, 6) is 0.441. The van der Waals surface area contributed by atoms with Crippen LogP contribution in [-0.4, -0.2) is 19.3 Å². The molecule has 0 saturated carbocycles. The third-order valence-corrected chi connectivity index (χ3v) is 1.91. The first-order valence-electron chi connectivity index (χ1n) is 3.47. The summed E-state index contributed by atoms with van der Waals surface area (Å²) in [6.07, 6.45) is 1.30. The van der Waals surface area contributed by atoms with E-state index in [2.05, 4.69) is 10.0 Å². The minimum absolute atomic E-state index is 0.269. The van der Waals surface area contributed by atoms with Crippen molar-refractivity contribution in [3.05, 3.63) is 10.4 Å². The average molecular weight is 141 g/mol. The highest BCUT2D eigenvalue weighted by Crippen LogP contribution is 2.20. The Morgan fingerprint density at radius 1 is 1.80 bits per heavy atom. The Bertz CT molecular complexity index is 153. The highest BCUT2D eigenvalue weighted by atomic mass is 16.5. The van der Waals surface area contributed by atoms with Gasteiger partial charge in [0.05, 0.1) is 6.10 Å². The summed E-state index contributed by atoms with van der Waals surface area (Å²) in [5.41, 5.74) is 8.03. The van der Waals surface area contributed by atoms with Gasteiger partial charge >= 0.3 is 0 Å². The van der Waals surface area contributed by atoms with Crippen molar-refractivity contribution < 1.29 is 4.74 Å². The third kappa shape index (κ3) is 1.62. The topological polar surface area (TPSA) is 58.0 Å². The van der Waals surface area contributed by atoms with Crippen LogP contribution in [0.1, 0.15) is 13.3 Å². The summed E-state index contributed by atoms with van der Waals surface area (Å²) in [6.45, 7) is 3.41. The number of ether oxygens (including phenoxy) is 1. The van der Waals surface area contributed by atoms with E-state index in [4.69, 9.17) is 10.3 Å². The molecule has 56 valence electrons. The van der Waals surface area contributed by atoms with E-state index >= 15 is 0 Å². The molecule has 0 radical (unpaired) electrons. The summed E-state index contributed by atoms with van der Waals surface area (Å²) in [7, 11) is 0. The number of hydrogen-bond acceptors (Lipinski definition) is 2. The van der Waals surface area contributed by atoms with Gasteiger partial charge in [-0.1, -0.05) is 5.11 Å². The van der Waals surface area contributed by atoms with E-state index in [0.29, 0.717) is 12.5 Å². The van der Waals surface area contributed by atoms with Crippen molar-refractivity contribution >= 4 is 0 Å². The van der Waals surface area contributed by atoms with Crippen molar-refractivity contribution in [3.8, 4) is 0 Å². The second-order valence-electron chi connectivity index (χ2n) is 2.54. The maximum Gasteiger partial charge on any atom is 0.0577 e. The van der Waals surface area contributed by atoms with Crippen LogP contribution in [0.25, 0.3) is 10.4 Å². The van der Waals surface area contributed by atoms with Gasteiger partial charge in [0.25, 0.3) is 0 Å². The van der Waals surface area contributed by atoms with Crippen LogP contribution >= 0.6 is 0 Å². The van der Waals surface area contributed by atoms with Gasteiger partial charge in [-0.2, -0.15) is 0 Å². The largest absolute Gasteiger partial charge is 0.378 e. The minimum atomic E-state index is 0.269. The zero-order valence-electron chi connectivity index (χ0n) is 6.03. The van der Waals surface area contributed by atoms with E-state index < -0.39 is 0 Å². The van der Waals surface area contributed by atoms with Gasteiger partial charge in [-0.15, -0.1) is 0 Å². The summed E-state index contributed by atoms with van der Waals surface area (Å²) in [5, 5.41) is 3.50. The molecule has 0 aromatic heterocycles. The molecule has 4 heteroatoms. The van der Waals surface area contributed by atoms with Gasteiger partial charge in [0.15, 0.2) is 0 Å². The predicted octanol–water partition coefficient (Wildman–Crippen LogP) is 1.72. The Hall–Kier alpha value is -0.730. The van der Waals surface area contributed by atoms with Crippen LogP contribution in [0.15, 0.2) is 5.11 Å². The van der Waals surface area contributed by atoms with Crippen molar-refractivity contribution in [1.82, 2.24) is 0 Å². The van der Waals surface area contributed by atoms with Crippen LogP contribution in [-0.2, 0) is 4.74 Å². The molecular formula is C6H11N3O. The second kappa shape index (κ2) is 3.44. The van der Waals surface area contributed by atoms with E-state index in [9.17, 15) is 0 Å². The van der Waals surface area contributed by atoms with Crippen LogP contribution in [0, 0.1) is 5.92 Å². The SMILES string of the molecule is CC1OCCC1CN=[N+]=[N-]. The predicted molar refractivity (Wildman–Crippen MR) is 37.5 cm³/mol. The molecule has 4 nitrogen and oxygen atoms in total. The fraction of sp³-hybridized carbons (Fsp3) is 1.00. The first-order chi connectivity index (χ1) is 4.84. The molecule has 1 aliphatic rings. The van der Waals surface area contributed by atoms with Crippen molar-refractivity contribution in [2.75, 3.05) is 13.2 Å². The van der Waals surface area contributed by atoms with Gasteiger partial charge < -0.3 is 4.74 Å². The summed E-state index contributed by atoms with van der Waals surface area (Å²) < 4.78 is 5.28. The molecule has 0 N–H and O–H groups in total. The van der Waals surface area contributed by atoms with Crippen LogP contribution in [0.2, 0.25) is 0 Å². The van der Waals surface area contributed by atoms with Crippen molar-refractivity contribution in [3.63, 3.8) is 0 Å². The van der Waals surface area contributed by atoms with Crippen LogP contribution in [0.4, 0.5) is 0 Å². The minimum Gasteiger partial charge on any atom is -0.378 e.